The van der Waals surface area contributed by atoms with E-state index in [2.05, 4.69) is 31.0 Å². The van der Waals surface area contributed by atoms with Crippen molar-refractivity contribution in [3.05, 3.63) is 24.4 Å². The second kappa shape index (κ2) is 5.68. The first-order valence-corrected chi connectivity index (χ1v) is 6.88. The third kappa shape index (κ3) is 4.50. The summed E-state index contributed by atoms with van der Waals surface area (Å²) in [7, 11) is 0. The van der Waals surface area contributed by atoms with Gasteiger partial charge in [0.05, 0.1) is 0 Å². The molecule has 0 unspecified atom stereocenters. The summed E-state index contributed by atoms with van der Waals surface area (Å²) >= 11 is -0.498. The van der Waals surface area contributed by atoms with Crippen LogP contribution >= 0.6 is 12.4 Å². The molecule has 3 heteroatoms. The maximum atomic E-state index is 4.30. The Morgan fingerprint density at radius 3 is 2.55 bits per heavy atom. The summed E-state index contributed by atoms with van der Waals surface area (Å²) in [5.41, 5.74) is 0. The number of aromatic nitrogens is 1. The van der Waals surface area contributed by atoms with Gasteiger partial charge in [-0.2, -0.15) is 0 Å². The minimum Gasteiger partial charge on any atom is -0.147 e. The van der Waals surface area contributed by atoms with Crippen LogP contribution in [0.15, 0.2) is 24.4 Å². The van der Waals surface area contributed by atoms with Gasteiger partial charge in [0.25, 0.3) is 0 Å². The fourth-order valence-electron chi connectivity index (χ4n) is 0.937. The Kier molecular flexibility index (Phi) is 5.71. The van der Waals surface area contributed by atoms with Crippen LogP contribution in [0.2, 0.25) is 4.51 Å². The molecule has 0 spiro atoms. The monoisotopic (exact) mass is 221 g/mol. The Bertz CT molecular complexity index is 189. The first kappa shape index (κ1) is 11.1. The molecule has 0 saturated carbocycles. The molecule has 0 fully saturated rings. The molecule has 11 heavy (non-hydrogen) atoms. The summed E-state index contributed by atoms with van der Waals surface area (Å²) in [5.74, 6) is 0. The van der Waals surface area contributed by atoms with Gasteiger partial charge in [0.15, 0.2) is 0 Å². The fourth-order valence-corrected chi connectivity index (χ4v) is 3.71. The number of rotatable bonds is 2. The summed E-state index contributed by atoms with van der Waals surface area (Å²) in [4.78, 5) is 4.30. The normalized spacial score (nSPS) is 8.64. The summed E-state index contributed by atoms with van der Waals surface area (Å²) < 4.78 is 2.27. The number of halogens is 1. The third-order valence-corrected chi connectivity index (χ3v) is 4.81. The molecule has 0 aliphatic carbocycles. The van der Waals surface area contributed by atoms with Gasteiger partial charge in [-0.05, 0) is 0 Å². The fraction of sp³-hybridized carbons (Fsp3) is 0.375. The van der Waals surface area contributed by atoms with Crippen molar-refractivity contribution in [1.82, 2.24) is 4.98 Å². The molecule has 0 N–H and O–H groups in total. The zero-order valence-electron chi connectivity index (χ0n) is 6.95. The molecule has 1 aromatic heterocycles. The van der Waals surface area contributed by atoms with E-state index in [1.54, 1.807) is 0 Å². The van der Waals surface area contributed by atoms with E-state index in [4.69, 9.17) is 0 Å². The van der Waals surface area contributed by atoms with Gasteiger partial charge in [0.1, 0.15) is 0 Å². The predicted molar refractivity (Wildman–Crippen MR) is 46.2 cm³/mol. The van der Waals surface area contributed by atoms with Crippen molar-refractivity contribution in [2.75, 3.05) is 0 Å². The van der Waals surface area contributed by atoms with Crippen LogP contribution in [0.1, 0.15) is 13.8 Å². The van der Waals surface area contributed by atoms with E-state index in [-0.39, 0.29) is 12.4 Å². The van der Waals surface area contributed by atoms with Crippen LogP contribution in [0.3, 0.4) is 0 Å². The molecule has 0 bridgehead atoms. The molecular formula is C8H12ClNZn. The molecule has 1 nitrogen and oxygen atoms in total. The van der Waals surface area contributed by atoms with E-state index < -0.39 is 17.1 Å². The zero-order chi connectivity index (χ0) is 7.40. The van der Waals surface area contributed by atoms with Gasteiger partial charge in [-0.15, -0.1) is 12.4 Å². The Morgan fingerprint density at radius 1 is 1.36 bits per heavy atom. The number of hydrogen-bond donors (Lipinski definition) is 0. The molecule has 1 rings (SSSR count). The van der Waals surface area contributed by atoms with Gasteiger partial charge < -0.3 is 0 Å². The first-order valence-electron chi connectivity index (χ1n) is 3.69. The molecule has 0 aromatic carbocycles. The summed E-state index contributed by atoms with van der Waals surface area (Å²) in [6, 6.07) is 6.21. The van der Waals surface area contributed by atoms with Crippen LogP contribution in [0.25, 0.3) is 0 Å². The Balaban J connectivity index is 0.000001000. The molecular weight excluding hydrogens is 211 g/mol. The standard InChI is InChI=1S/C5H4N.C3H7.ClH.Zn/c1-2-4-6-5-3-1;1-3-2;;/h1-4H;3H,1-2H3;1H;. The van der Waals surface area contributed by atoms with Gasteiger partial charge in [-0.25, -0.2) is 0 Å². The maximum absolute atomic E-state index is 4.30. The van der Waals surface area contributed by atoms with Crippen molar-refractivity contribution in [3.8, 4) is 0 Å². The molecule has 0 radical (unpaired) electrons. The molecule has 0 amide bonds. The minimum atomic E-state index is -0.498. The molecule has 0 aliphatic heterocycles. The van der Waals surface area contributed by atoms with Crippen molar-refractivity contribution in [3.63, 3.8) is 0 Å². The minimum absolute atomic E-state index is 0. The van der Waals surface area contributed by atoms with E-state index >= 15 is 0 Å². The maximum Gasteiger partial charge on any atom is -0.147 e. The van der Waals surface area contributed by atoms with Crippen molar-refractivity contribution >= 4 is 16.7 Å². The van der Waals surface area contributed by atoms with Crippen molar-refractivity contribution < 1.29 is 17.1 Å². The van der Waals surface area contributed by atoms with Crippen molar-refractivity contribution in [2.24, 2.45) is 0 Å². The molecule has 0 aliphatic rings. The number of pyridine rings is 1. The Morgan fingerprint density at radius 2 is 2.09 bits per heavy atom. The second-order valence-electron chi connectivity index (χ2n) is 2.92. The summed E-state index contributed by atoms with van der Waals surface area (Å²) in [6.07, 6.45) is 1.89. The smallest absolute Gasteiger partial charge is 0.147 e. The second-order valence-corrected chi connectivity index (χ2v) is 8.72. The third-order valence-electron chi connectivity index (χ3n) is 1.34. The van der Waals surface area contributed by atoms with Gasteiger partial charge in [0, 0.05) is 0 Å². The summed E-state index contributed by atoms with van der Waals surface area (Å²) in [6.45, 7) is 4.57. The molecule has 0 saturated heterocycles. The van der Waals surface area contributed by atoms with Gasteiger partial charge in [0.2, 0.25) is 0 Å². The molecule has 1 aromatic rings. The van der Waals surface area contributed by atoms with E-state index in [1.807, 2.05) is 12.3 Å². The van der Waals surface area contributed by atoms with E-state index in [0.29, 0.717) is 0 Å². The van der Waals surface area contributed by atoms with Gasteiger partial charge in [-0.3, -0.25) is 0 Å². The molecule has 58 valence electrons. The van der Waals surface area contributed by atoms with Crippen LogP contribution in [0.5, 0.6) is 0 Å². The van der Waals surface area contributed by atoms with E-state index in [9.17, 15) is 0 Å². The Hall–Kier alpha value is 0.0634. The van der Waals surface area contributed by atoms with Crippen molar-refractivity contribution in [1.29, 1.82) is 0 Å². The van der Waals surface area contributed by atoms with Gasteiger partial charge >= 0.3 is 69.2 Å². The summed E-state index contributed by atoms with van der Waals surface area (Å²) in [5, 5.41) is 0. The predicted octanol–water partition coefficient (Wildman–Crippen LogP) is 2.04. The van der Waals surface area contributed by atoms with E-state index in [0.717, 1.165) is 4.51 Å². The van der Waals surface area contributed by atoms with Crippen LogP contribution in [-0.4, -0.2) is 4.98 Å². The molecule has 1 heterocycles. The van der Waals surface area contributed by atoms with Crippen LogP contribution in [0.4, 0.5) is 0 Å². The topological polar surface area (TPSA) is 12.9 Å². The van der Waals surface area contributed by atoms with Crippen molar-refractivity contribution in [2.45, 2.75) is 18.4 Å². The number of hydrogen-bond acceptors (Lipinski definition) is 1. The number of nitrogens with zero attached hydrogens (tertiary/aromatic N) is 1. The quantitative estimate of drug-likeness (QED) is 0.699. The first-order chi connectivity index (χ1) is 4.79. The Labute approximate surface area is 81.6 Å². The van der Waals surface area contributed by atoms with E-state index in [1.165, 1.54) is 4.29 Å². The average molecular weight is 223 g/mol. The average Bonchev–Trinajstić information content (AvgIpc) is 1.88. The van der Waals surface area contributed by atoms with Crippen LogP contribution in [-0.2, 0) is 17.1 Å². The van der Waals surface area contributed by atoms with Crippen LogP contribution < -0.4 is 4.29 Å². The van der Waals surface area contributed by atoms with Gasteiger partial charge in [-0.1, -0.05) is 0 Å². The largest absolute Gasteiger partial charge is 0.147 e. The van der Waals surface area contributed by atoms with Crippen LogP contribution in [0, 0.1) is 0 Å². The molecule has 0 atom stereocenters. The zero-order valence-corrected chi connectivity index (χ0v) is 10.7. The SMILES string of the molecule is C[CH](C)[Zn][c]1ccccn1.Cl.